The van der Waals surface area contributed by atoms with Crippen LogP contribution in [0.1, 0.15) is 21.5 Å². The summed E-state index contributed by atoms with van der Waals surface area (Å²) in [5.74, 6) is -0.0474. The molecule has 0 unspecified atom stereocenters. The molecule has 1 amide bonds. The average molecular weight is 437 g/mol. The maximum Gasteiger partial charge on any atom is 0.253 e. The fourth-order valence-electron chi connectivity index (χ4n) is 2.94. The van der Waals surface area contributed by atoms with Gasteiger partial charge in [-0.15, -0.1) is 0 Å². The predicted molar refractivity (Wildman–Crippen MR) is 105 cm³/mol. The van der Waals surface area contributed by atoms with Crippen LogP contribution in [0.25, 0.3) is 0 Å². The van der Waals surface area contributed by atoms with Crippen LogP contribution in [0.15, 0.2) is 51.8 Å². The van der Waals surface area contributed by atoms with E-state index in [0.29, 0.717) is 31.7 Å². The number of carbonyl (C=O) groups is 1. The first-order valence-corrected chi connectivity index (χ1v) is 10.6. The number of benzene rings is 2. The van der Waals surface area contributed by atoms with Crippen molar-refractivity contribution in [1.29, 1.82) is 0 Å². The lowest BCUT2D eigenvalue weighted by molar-refractivity contribution is 0.0698. The number of halogens is 1. The van der Waals surface area contributed by atoms with Crippen LogP contribution in [0.2, 0.25) is 0 Å². The van der Waals surface area contributed by atoms with E-state index in [2.05, 4.69) is 15.9 Å². The van der Waals surface area contributed by atoms with Gasteiger partial charge in [0.05, 0.1) is 4.90 Å². The fourth-order valence-corrected chi connectivity index (χ4v) is 4.63. The van der Waals surface area contributed by atoms with Gasteiger partial charge in [0.25, 0.3) is 5.91 Å². The Balaban J connectivity index is 1.69. The van der Waals surface area contributed by atoms with Crippen LogP contribution in [0.5, 0.6) is 0 Å². The molecule has 1 saturated heterocycles. The highest BCUT2D eigenvalue weighted by Gasteiger charge is 2.30. The molecule has 3 rings (SSSR count). The third-order valence-electron chi connectivity index (χ3n) is 4.73. The highest BCUT2D eigenvalue weighted by Crippen LogP contribution is 2.21. The summed E-state index contributed by atoms with van der Waals surface area (Å²) in [5.41, 5.74) is 2.87. The van der Waals surface area contributed by atoms with Gasteiger partial charge in [-0.1, -0.05) is 22.0 Å². The molecule has 138 valence electrons. The zero-order valence-corrected chi connectivity index (χ0v) is 17.2. The quantitative estimate of drug-likeness (QED) is 0.741. The minimum Gasteiger partial charge on any atom is -0.336 e. The SMILES string of the molecule is Cc1ccc(C(=O)N2CCN(S(=O)(=O)c3ccc(Br)cc3)CC2)cc1C. The number of hydrogen-bond donors (Lipinski definition) is 0. The number of rotatable bonds is 3. The zero-order valence-electron chi connectivity index (χ0n) is 14.8. The number of piperazine rings is 1. The second-order valence-corrected chi connectivity index (χ2v) is 9.30. The molecule has 0 N–H and O–H groups in total. The summed E-state index contributed by atoms with van der Waals surface area (Å²) in [7, 11) is -3.53. The van der Waals surface area contributed by atoms with Crippen molar-refractivity contribution in [1.82, 2.24) is 9.21 Å². The normalized spacial score (nSPS) is 15.9. The summed E-state index contributed by atoms with van der Waals surface area (Å²) in [6.07, 6.45) is 0. The van der Waals surface area contributed by atoms with Crippen LogP contribution >= 0.6 is 15.9 Å². The van der Waals surface area contributed by atoms with Gasteiger partial charge >= 0.3 is 0 Å². The molecule has 0 atom stereocenters. The molecule has 2 aromatic rings. The largest absolute Gasteiger partial charge is 0.336 e. The molecule has 5 nitrogen and oxygen atoms in total. The number of sulfonamides is 1. The highest BCUT2D eigenvalue weighted by atomic mass is 79.9. The molecule has 0 spiro atoms. The molecule has 1 fully saturated rings. The van der Waals surface area contributed by atoms with Crippen molar-refractivity contribution < 1.29 is 13.2 Å². The molecule has 1 aliphatic heterocycles. The van der Waals surface area contributed by atoms with Crippen molar-refractivity contribution in [2.24, 2.45) is 0 Å². The number of amides is 1. The van der Waals surface area contributed by atoms with Crippen molar-refractivity contribution in [3.8, 4) is 0 Å². The van der Waals surface area contributed by atoms with E-state index in [1.807, 2.05) is 32.0 Å². The number of hydrogen-bond acceptors (Lipinski definition) is 3. The van der Waals surface area contributed by atoms with Crippen LogP contribution in [0, 0.1) is 13.8 Å². The monoisotopic (exact) mass is 436 g/mol. The summed E-state index contributed by atoms with van der Waals surface area (Å²) >= 11 is 3.31. The minimum absolute atomic E-state index is 0.0474. The molecule has 1 aliphatic rings. The smallest absolute Gasteiger partial charge is 0.253 e. The Labute approximate surface area is 162 Å². The van der Waals surface area contributed by atoms with Crippen LogP contribution in [-0.2, 0) is 10.0 Å². The molecular formula is C19H21BrN2O3S. The first-order valence-electron chi connectivity index (χ1n) is 8.41. The summed E-state index contributed by atoms with van der Waals surface area (Å²) in [5, 5.41) is 0. The third-order valence-corrected chi connectivity index (χ3v) is 7.17. The van der Waals surface area contributed by atoms with Gasteiger partial charge in [-0.25, -0.2) is 8.42 Å². The zero-order chi connectivity index (χ0) is 18.9. The Kier molecular flexibility index (Phi) is 5.50. The molecular weight excluding hydrogens is 416 g/mol. The van der Waals surface area contributed by atoms with Crippen molar-refractivity contribution in [2.45, 2.75) is 18.7 Å². The fraction of sp³-hybridized carbons (Fsp3) is 0.316. The van der Waals surface area contributed by atoms with Crippen molar-refractivity contribution in [3.05, 3.63) is 63.6 Å². The number of nitrogens with zero attached hydrogens (tertiary/aromatic N) is 2. The Morgan fingerprint density at radius 2 is 1.54 bits per heavy atom. The van der Waals surface area contributed by atoms with Gasteiger partial charge in [-0.05, 0) is 61.4 Å². The topological polar surface area (TPSA) is 57.7 Å². The molecule has 2 aromatic carbocycles. The van der Waals surface area contributed by atoms with Crippen LogP contribution < -0.4 is 0 Å². The van der Waals surface area contributed by atoms with Gasteiger partial charge in [0.2, 0.25) is 10.0 Å². The Morgan fingerprint density at radius 3 is 2.12 bits per heavy atom. The summed E-state index contributed by atoms with van der Waals surface area (Å²) in [6, 6.07) is 12.3. The average Bonchev–Trinajstić information content (AvgIpc) is 2.64. The predicted octanol–water partition coefficient (Wildman–Crippen LogP) is 3.21. The number of aryl methyl sites for hydroxylation is 2. The van der Waals surface area contributed by atoms with Crippen molar-refractivity contribution in [3.63, 3.8) is 0 Å². The van der Waals surface area contributed by atoms with Gasteiger partial charge < -0.3 is 4.90 Å². The van der Waals surface area contributed by atoms with E-state index >= 15 is 0 Å². The van der Waals surface area contributed by atoms with Gasteiger partial charge in [-0.3, -0.25) is 4.79 Å². The molecule has 7 heteroatoms. The van der Waals surface area contributed by atoms with E-state index in [0.717, 1.165) is 15.6 Å². The second kappa shape index (κ2) is 7.50. The maximum absolute atomic E-state index is 12.7. The first kappa shape index (κ1) is 19.1. The van der Waals surface area contributed by atoms with E-state index in [4.69, 9.17) is 0 Å². The van der Waals surface area contributed by atoms with E-state index in [-0.39, 0.29) is 10.8 Å². The van der Waals surface area contributed by atoms with Crippen LogP contribution in [0.4, 0.5) is 0 Å². The highest BCUT2D eigenvalue weighted by molar-refractivity contribution is 9.10. The molecule has 26 heavy (non-hydrogen) atoms. The van der Waals surface area contributed by atoms with Gasteiger partial charge in [0.1, 0.15) is 0 Å². The van der Waals surface area contributed by atoms with E-state index in [9.17, 15) is 13.2 Å². The standard InChI is InChI=1S/C19H21BrN2O3S/c1-14-3-4-16(13-15(14)2)19(23)21-9-11-22(12-10-21)26(24,25)18-7-5-17(20)6-8-18/h3-8,13H,9-12H2,1-2H3. The van der Waals surface area contributed by atoms with Crippen molar-refractivity contribution in [2.75, 3.05) is 26.2 Å². The van der Waals surface area contributed by atoms with Crippen LogP contribution in [-0.4, -0.2) is 49.7 Å². The number of carbonyl (C=O) groups excluding carboxylic acids is 1. The molecule has 1 heterocycles. The summed E-state index contributed by atoms with van der Waals surface area (Å²) < 4.78 is 27.7. The lowest BCUT2D eigenvalue weighted by atomic mass is 10.1. The van der Waals surface area contributed by atoms with Gasteiger partial charge in [0, 0.05) is 36.2 Å². The summed E-state index contributed by atoms with van der Waals surface area (Å²) in [6.45, 7) is 5.37. The van der Waals surface area contributed by atoms with Crippen molar-refractivity contribution >= 4 is 31.9 Å². The second-order valence-electron chi connectivity index (χ2n) is 6.45. The Morgan fingerprint density at radius 1 is 0.923 bits per heavy atom. The molecule has 0 aromatic heterocycles. The maximum atomic E-state index is 12.7. The molecule has 0 radical (unpaired) electrons. The van der Waals surface area contributed by atoms with Gasteiger partial charge in [0.15, 0.2) is 0 Å². The molecule has 0 bridgehead atoms. The first-order chi connectivity index (χ1) is 12.3. The van der Waals surface area contributed by atoms with E-state index in [1.165, 1.54) is 4.31 Å². The van der Waals surface area contributed by atoms with Gasteiger partial charge in [-0.2, -0.15) is 4.31 Å². The van der Waals surface area contributed by atoms with Crippen LogP contribution in [0.3, 0.4) is 0 Å². The molecule has 0 saturated carbocycles. The Bertz CT molecular complexity index is 918. The lowest BCUT2D eigenvalue weighted by Crippen LogP contribution is -2.50. The third kappa shape index (κ3) is 3.84. The summed E-state index contributed by atoms with van der Waals surface area (Å²) in [4.78, 5) is 14.7. The van der Waals surface area contributed by atoms with E-state index < -0.39 is 10.0 Å². The van der Waals surface area contributed by atoms with E-state index in [1.54, 1.807) is 29.2 Å². The Hall–Kier alpha value is -1.70. The minimum atomic E-state index is -3.53. The lowest BCUT2D eigenvalue weighted by Gasteiger charge is -2.34. The molecule has 0 aliphatic carbocycles.